The first-order chi connectivity index (χ1) is 11.7. The van der Waals surface area contributed by atoms with E-state index < -0.39 is 21.9 Å². The molecule has 0 aliphatic carbocycles. The number of anilines is 2. The van der Waals surface area contributed by atoms with Gasteiger partial charge in [0.1, 0.15) is 5.69 Å². The highest BCUT2D eigenvalue weighted by Crippen LogP contribution is 2.32. The number of hydrogen-bond acceptors (Lipinski definition) is 4. The van der Waals surface area contributed by atoms with E-state index in [4.69, 9.17) is 0 Å². The van der Waals surface area contributed by atoms with Gasteiger partial charge in [-0.1, -0.05) is 6.07 Å². The highest BCUT2D eigenvalue weighted by Gasteiger charge is 2.35. The summed E-state index contributed by atoms with van der Waals surface area (Å²) in [5.41, 5.74) is 0.968. The Labute approximate surface area is 143 Å². The maximum absolute atomic E-state index is 12.8. The topological polar surface area (TPSA) is 78.1 Å². The van der Waals surface area contributed by atoms with E-state index in [-0.39, 0.29) is 17.9 Å². The Morgan fingerprint density at radius 3 is 2.76 bits per heavy atom. The Hall–Kier alpha value is -2.23. The van der Waals surface area contributed by atoms with Crippen LogP contribution in [-0.2, 0) is 22.7 Å². The van der Waals surface area contributed by atoms with Crippen LogP contribution < -0.4 is 9.62 Å². The first kappa shape index (κ1) is 17.6. The molecule has 1 fully saturated rings. The first-order valence-corrected chi connectivity index (χ1v) is 9.24. The molecule has 1 aliphatic rings. The van der Waals surface area contributed by atoms with Gasteiger partial charge in [0.15, 0.2) is 0 Å². The molecule has 3 rings (SSSR count). The Morgan fingerprint density at radius 2 is 2.12 bits per heavy atom. The number of nitrogens with zero attached hydrogens (tertiary/aromatic N) is 2. The van der Waals surface area contributed by atoms with Crippen LogP contribution in [0.1, 0.15) is 23.2 Å². The molecular formula is C15H17F3N4O2S. The van der Waals surface area contributed by atoms with Gasteiger partial charge < -0.3 is 5.32 Å². The molecule has 0 radical (unpaired) electrons. The second-order valence-electron chi connectivity index (χ2n) is 5.86. The summed E-state index contributed by atoms with van der Waals surface area (Å²) in [5.74, 6) is 0.105. The Bertz CT molecular complexity index is 877. The van der Waals surface area contributed by atoms with Gasteiger partial charge in [0.2, 0.25) is 10.0 Å². The second-order valence-corrected chi connectivity index (χ2v) is 7.88. The number of aryl methyl sites for hydroxylation is 1. The van der Waals surface area contributed by atoms with Crippen LogP contribution in [0.2, 0.25) is 0 Å². The largest absolute Gasteiger partial charge is 0.433 e. The third-order valence-electron chi connectivity index (χ3n) is 4.06. The zero-order valence-corrected chi connectivity index (χ0v) is 14.2. The highest BCUT2D eigenvalue weighted by molar-refractivity contribution is 7.93. The third-order valence-corrected chi connectivity index (χ3v) is 5.92. The van der Waals surface area contributed by atoms with Gasteiger partial charge >= 0.3 is 6.18 Å². The monoisotopic (exact) mass is 374 g/mol. The minimum Gasteiger partial charge on any atom is -0.381 e. The van der Waals surface area contributed by atoms with E-state index in [9.17, 15) is 21.6 Å². The van der Waals surface area contributed by atoms with Gasteiger partial charge in [0.25, 0.3) is 0 Å². The van der Waals surface area contributed by atoms with E-state index in [2.05, 4.69) is 10.4 Å². The lowest BCUT2D eigenvalue weighted by atomic mass is 10.1. The summed E-state index contributed by atoms with van der Waals surface area (Å²) in [6.45, 7) is 2.12. The first-order valence-electron chi connectivity index (χ1n) is 7.63. The molecule has 1 aromatic carbocycles. The van der Waals surface area contributed by atoms with Crippen molar-refractivity contribution < 1.29 is 21.6 Å². The molecule has 0 spiro atoms. The molecule has 1 aliphatic heterocycles. The minimum atomic E-state index is -4.50. The number of benzene rings is 1. The van der Waals surface area contributed by atoms with Crippen LogP contribution in [0.15, 0.2) is 24.4 Å². The fourth-order valence-corrected chi connectivity index (χ4v) is 4.40. The summed E-state index contributed by atoms with van der Waals surface area (Å²) in [4.78, 5) is 0. The van der Waals surface area contributed by atoms with E-state index in [0.29, 0.717) is 24.3 Å². The smallest absolute Gasteiger partial charge is 0.381 e. The summed E-state index contributed by atoms with van der Waals surface area (Å²) >= 11 is 0. The number of nitrogens with one attached hydrogen (secondary N) is 2. The van der Waals surface area contributed by atoms with Gasteiger partial charge in [0, 0.05) is 24.3 Å². The highest BCUT2D eigenvalue weighted by atomic mass is 32.2. The molecule has 136 valence electrons. The maximum atomic E-state index is 12.8. The van der Waals surface area contributed by atoms with Crippen LogP contribution in [0, 0.1) is 6.92 Å². The van der Waals surface area contributed by atoms with Gasteiger partial charge in [0.05, 0.1) is 17.6 Å². The number of sulfonamides is 1. The molecule has 0 bridgehead atoms. The molecule has 1 aromatic heterocycles. The zero-order valence-electron chi connectivity index (χ0n) is 13.4. The summed E-state index contributed by atoms with van der Waals surface area (Å²) < 4.78 is 64.1. The predicted octanol–water partition coefficient (Wildman–Crippen LogP) is 2.89. The molecule has 2 heterocycles. The summed E-state index contributed by atoms with van der Waals surface area (Å²) in [7, 11) is -3.32. The molecular weight excluding hydrogens is 357 g/mol. The number of aromatic nitrogens is 2. The maximum Gasteiger partial charge on any atom is 0.433 e. The van der Waals surface area contributed by atoms with Gasteiger partial charge in [-0.3, -0.25) is 9.40 Å². The fraction of sp³-hybridized carbons (Fsp3) is 0.400. The van der Waals surface area contributed by atoms with Crippen molar-refractivity contribution in [3.8, 4) is 0 Å². The number of halogens is 3. The number of aromatic amines is 1. The lowest BCUT2D eigenvalue weighted by Crippen LogP contribution is -2.25. The molecule has 25 heavy (non-hydrogen) atoms. The number of alkyl halides is 3. The van der Waals surface area contributed by atoms with Crippen molar-refractivity contribution >= 4 is 21.4 Å². The number of H-pyrrole nitrogens is 1. The number of rotatable bonds is 4. The van der Waals surface area contributed by atoms with Crippen molar-refractivity contribution in [1.29, 1.82) is 0 Å². The number of hydrogen-bond donors (Lipinski definition) is 2. The van der Waals surface area contributed by atoms with Crippen molar-refractivity contribution in [2.24, 2.45) is 0 Å². The second kappa shape index (κ2) is 6.25. The van der Waals surface area contributed by atoms with Gasteiger partial charge in [-0.25, -0.2) is 8.42 Å². The van der Waals surface area contributed by atoms with E-state index in [1.165, 1.54) is 4.31 Å². The Balaban J connectivity index is 1.81. The van der Waals surface area contributed by atoms with Crippen molar-refractivity contribution in [3.05, 3.63) is 41.2 Å². The van der Waals surface area contributed by atoms with Crippen LogP contribution in [-0.4, -0.2) is 30.9 Å². The Kier molecular flexibility index (Phi) is 4.40. The van der Waals surface area contributed by atoms with Gasteiger partial charge in [-0.2, -0.15) is 18.3 Å². The molecule has 6 nitrogen and oxygen atoms in total. The summed E-state index contributed by atoms with van der Waals surface area (Å²) in [6, 6.07) is 5.09. The fourth-order valence-electron chi connectivity index (χ4n) is 2.79. The SMILES string of the molecule is Cc1ccc(NCc2cn[nH]c2C(F)(F)F)cc1N1CCCS1(=O)=O. The standard InChI is InChI=1S/C15H17F3N4O2S/c1-10-3-4-12(7-13(10)22-5-2-6-25(22,23)24)19-8-11-9-20-21-14(11)15(16,17)18/h3-4,7,9,19H,2,5-6,8H2,1H3,(H,20,21). The van der Waals surface area contributed by atoms with E-state index >= 15 is 0 Å². The summed E-state index contributed by atoms with van der Waals surface area (Å²) in [5, 5.41) is 8.29. The van der Waals surface area contributed by atoms with E-state index in [0.717, 1.165) is 11.8 Å². The third kappa shape index (κ3) is 3.58. The molecule has 1 saturated heterocycles. The van der Waals surface area contributed by atoms with Crippen LogP contribution in [0.5, 0.6) is 0 Å². The molecule has 0 amide bonds. The van der Waals surface area contributed by atoms with Crippen molar-refractivity contribution in [2.45, 2.75) is 26.1 Å². The quantitative estimate of drug-likeness (QED) is 0.863. The Morgan fingerprint density at radius 1 is 1.36 bits per heavy atom. The van der Waals surface area contributed by atoms with E-state index in [1.807, 2.05) is 5.10 Å². The van der Waals surface area contributed by atoms with Crippen LogP contribution in [0.4, 0.5) is 24.5 Å². The lowest BCUT2D eigenvalue weighted by Gasteiger charge is -2.20. The van der Waals surface area contributed by atoms with Gasteiger partial charge in [-0.05, 0) is 31.0 Å². The van der Waals surface area contributed by atoms with Gasteiger partial charge in [-0.15, -0.1) is 0 Å². The average Bonchev–Trinajstić information content (AvgIpc) is 3.12. The molecule has 2 N–H and O–H groups in total. The van der Waals surface area contributed by atoms with Crippen LogP contribution in [0.25, 0.3) is 0 Å². The van der Waals surface area contributed by atoms with Crippen molar-refractivity contribution in [2.75, 3.05) is 21.9 Å². The van der Waals surface area contributed by atoms with Crippen molar-refractivity contribution in [1.82, 2.24) is 10.2 Å². The average molecular weight is 374 g/mol. The van der Waals surface area contributed by atoms with Crippen molar-refractivity contribution in [3.63, 3.8) is 0 Å². The molecule has 0 saturated carbocycles. The lowest BCUT2D eigenvalue weighted by molar-refractivity contribution is -0.141. The van der Waals surface area contributed by atoms with Crippen LogP contribution in [0.3, 0.4) is 0 Å². The molecule has 0 atom stereocenters. The molecule has 10 heteroatoms. The summed E-state index contributed by atoms with van der Waals surface area (Å²) in [6.07, 6.45) is -2.82. The zero-order chi connectivity index (χ0) is 18.2. The molecule has 2 aromatic rings. The minimum absolute atomic E-state index is 0.0107. The molecule has 0 unspecified atom stereocenters. The predicted molar refractivity (Wildman–Crippen MR) is 87.8 cm³/mol. The van der Waals surface area contributed by atoms with E-state index in [1.54, 1.807) is 25.1 Å². The normalized spacial score (nSPS) is 17.0. The van der Waals surface area contributed by atoms with Crippen LogP contribution >= 0.6 is 0 Å².